The summed E-state index contributed by atoms with van der Waals surface area (Å²) in [5.74, 6) is 1.60. The van der Waals surface area contributed by atoms with Gasteiger partial charge in [0.25, 0.3) is 0 Å². The lowest BCUT2D eigenvalue weighted by Crippen LogP contribution is -2.35. The van der Waals surface area contributed by atoms with E-state index in [0.717, 1.165) is 18.3 Å². The fraction of sp³-hybridized carbons (Fsp3) is 0.846. The van der Waals surface area contributed by atoms with Crippen molar-refractivity contribution in [3.63, 3.8) is 0 Å². The summed E-state index contributed by atoms with van der Waals surface area (Å²) in [7, 11) is 0. The van der Waals surface area contributed by atoms with Crippen molar-refractivity contribution < 1.29 is 0 Å². The molecule has 2 unspecified atom stereocenters. The van der Waals surface area contributed by atoms with Crippen molar-refractivity contribution in [1.29, 1.82) is 0 Å². The van der Waals surface area contributed by atoms with Crippen LogP contribution in [0.5, 0.6) is 0 Å². The van der Waals surface area contributed by atoms with Crippen LogP contribution in [0.1, 0.15) is 44.9 Å². The molecule has 0 saturated heterocycles. The Morgan fingerprint density at radius 2 is 1.47 bits per heavy atom. The molecule has 0 amide bonds. The van der Waals surface area contributed by atoms with E-state index in [0.29, 0.717) is 12.1 Å². The Hall–Kier alpha value is -0.340. The molecule has 0 aliphatic heterocycles. The van der Waals surface area contributed by atoms with Crippen LogP contribution in [0.2, 0.25) is 0 Å². The molecule has 86 valence electrons. The van der Waals surface area contributed by atoms with Gasteiger partial charge in [-0.2, -0.15) is 0 Å². The van der Waals surface area contributed by atoms with Gasteiger partial charge in [-0.05, 0) is 56.8 Å². The van der Waals surface area contributed by atoms with Gasteiger partial charge >= 0.3 is 0 Å². The minimum Gasteiger partial charge on any atom is -0.328 e. The smallest absolute Gasteiger partial charge is 0.00763 e. The third kappa shape index (κ3) is 2.61. The third-order valence-electron chi connectivity index (χ3n) is 4.28. The molecular formula is C13H24N2. The molecule has 2 heteroatoms. The van der Waals surface area contributed by atoms with Crippen LogP contribution in [0.15, 0.2) is 12.2 Å². The molecule has 2 aliphatic rings. The van der Waals surface area contributed by atoms with E-state index in [-0.39, 0.29) is 0 Å². The molecule has 0 aromatic rings. The van der Waals surface area contributed by atoms with Crippen LogP contribution in [0.3, 0.4) is 0 Å². The zero-order chi connectivity index (χ0) is 10.8. The van der Waals surface area contributed by atoms with E-state index in [1.807, 2.05) is 0 Å². The molecule has 0 bridgehead atoms. The fourth-order valence-corrected chi connectivity index (χ4v) is 3.30. The van der Waals surface area contributed by atoms with E-state index in [9.17, 15) is 0 Å². The maximum Gasteiger partial charge on any atom is 0.00763 e. The van der Waals surface area contributed by atoms with Crippen molar-refractivity contribution in [3.8, 4) is 0 Å². The first-order valence-corrected chi connectivity index (χ1v) is 6.35. The molecule has 0 aromatic heterocycles. The van der Waals surface area contributed by atoms with Crippen LogP contribution in [0.25, 0.3) is 0 Å². The van der Waals surface area contributed by atoms with Crippen LogP contribution in [-0.4, -0.2) is 12.1 Å². The van der Waals surface area contributed by atoms with E-state index >= 15 is 0 Å². The van der Waals surface area contributed by atoms with E-state index in [2.05, 4.69) is 6.58 Å². The number of rotatable bonds is 1. The lowest BCUT2D eigenvalue weighted by Gasteiger charge is -2.37. The zero-order valence-electron chi connectivity index (χ0n) is 9.62. The van der Waals surface area contributed by atoms with Gasteiger partial charge in [0.2, 0.25) is 0 Å². The summed E-state index contributed by atoms with van der Waals surface area (Å²) in [6.45, 7) is 4.23. The Morgan fingerprint density at radius 1 is 0.867 bits per heavy atom. The second kappa shape index (κ2) is 4.67. The Balaban J connectivity index is 1.90. The van der Waals surface area contributed by atoms with Crippen molar-refractivity contribution in [1.82, 2.24) is 0 Å². The largest absolute Gasteiger partial charge is 0.328 e. The molecule has 15 heavy (non-hydrogen) atoms. The van der Waals surface area contributed by atoms with Crippen LogP contribution in [-0.2, 0) is 0 Å². The summed E-state index contributed by atoms with van der Waals surface area (Å²) in [5, 5.41) is 0. The molecule has 0 radical (unpaired) electrons. The molecule has 0 aromatic carbocycles. The molecule has 2 aliphatic carbocycles. The molecule has 0 spiro atoms. The van der Waals surface area contributed by atoms with Crippen molar-refractivity contribution in [2.45, 2.75) is 57.0 Å². The fourth-order valence-electron chi connectivity index (χ4n) is 3.30. The van der Waals surface area contributed by atoms with Crippen molar-refractivity contribution in [2.24, 2.45) is 23.3 Å². The summed E-state index contributed by atoms with van der Waals surface area (Å²) in [6.07, 6.45) is 8.53. The van der Waals surface area contributed by atoms with Crippen molar-refractivity contribution in [3.05, 3.63) is 12.2 Å². The maximum absolute atomic E-state index is 5.96. The molecule has 2 rings (SSSR count). The second-order valence-electron chi connectivity index (χ2n) is 5.48. The highest BCUT2D eigenvalue weighted by atomic mass is 14.7. The van der Waals surface area contributed by atoms with Crippen molar-refractivity contribution in [2.75, 3.05) is 0 Å². The second-order valence-corrected chi connectivity index (χ2v) is 5.48. The molecule has 2 saturated carbocycles. The lowest BCUT2D eigenvalue weighted by atomic mass is 9.70. The predicted molar refractivity (Wildman–Crippen MR) is 64.4 cm³/mol. The maximum atomic E-state index is 5.96. The third-order valence-corrected chi connectivity index (χ3v) is 4.28. The van der Waals surface area contributed by atoms with E-state index in [4.69, 9.17) is 11.5 Å². The van der Waals surface area contributed by atoms with Crippen molar-refractivity contribution >= 4 is 0 Å². The van der Waals surface area contributed by atoms with Gasteiger partial charge in [-0.15, -0.1) is 0 Å². The summed E-state index contributed by atoms with van der Waals surface area (Å²) in [4.78, 5) is 0. The van der Waals surface area contributed by atoms with Crippen LogP contribution in [0, 0.1) is 11.8 Å². The number of nitrogens with two attached hydrogens (primary N) is 2. The minimum absolute atomic E-state index is 0.375. The number of hydrogen-bond acceptors (Lipinski definition) is 2. The highest BCUT2D eigenvalue weighted by Gasteiger charge is 2.31. The average Bonchev–Trinajstić information content (AvgIpc) is 2.20. The summed E-state index contributed by atoms with van der Waals surface area (Å²) >= 11 is 0. The molecule has 2 fully saturated rings. The molecule has 4 N–H and O–H groups in total. The van der Waals surface area contributed by atoms with E-state index < -0.39 is 0 Å². The Labute approximate surface area is 93.1 Å². The van der Waals surface area contributed by atoms with Crippen LogP contribution in [0.4, 0.5) is 0 Å². The Bertz CT molecular complexity index is 229. The van der Waals surface area contributed by atoms with Gasteiger partial charge in [-0.25, -0.2) is 0 Å². The Morgan fingerprint density at radius 3 is 2.07 bits per heavy atom. The van der Waals surface area contributed by atoms with Gasteiger partial charge in [-0.1, -0.05) is 12.2 Å². The summed E-state index contributed by atoms with van der Waals surface area (Å²) in [6, 6.07) is 0.833. The molecule has 0 heterocycles. The first-order chi connectivity index (χ1) is 7.16. The first kappa shape index (κ1) is 11.2. The summed E-state index contributed by atoms with van der Waals surface area (Å²) < 4.78 is 0. The molecule has 2 nitrogen and oxygen atoms in total. The van der Waals surface area contributed by atoms with Crippen LogP contribution < -0.4 is 11.5 Å². The SMILES string of the molecule is C=C1CC(N)CCC1C1CCC(N)CC1. The topological polar surface area (TPSA) is 52.0 Å². The quantitative estimate of drug-likeness (QED) is 0.649. The van der Waals surface area contributed by atoms with E-state index in [1.54, 1.807) is 0 Å². The Kier molecular flexibility index (Phi) is 3.47. The monoisotopic (exact) mass is 208 g/mol. The van der Waals surface area contributed by atoms with E-state index in [1.165, 1.54) is 44.1 Å². The van der Waals surface area contributed by atoms with Gasteiger partial charge in [-0.3, -0.25) is 0 Å². The number of hydrogen-bond donors (Lipinski definition) is 2. The van der Waals surface area contributed by atoms with Gasteiger partial charge in [0.15, 0.2) is 0 Å². The zero-order valence-corrected chi connectivity index (χ0v) is 9.62. The molecular weight excluding hydrogens is 184 g/mol. The predicted octanol–water partition coefficient (Wildman–Crippen LogP) is 2.19. The highest BCUT2D eigenvalue weighted by molar-refractivity contribution is 5.09. The van der Waals surface area contributed by atoms with Crippen LogP contribution >= 0.6 is 0 Å². The standard InChI is InChI=1S/C13H24N2/c1-9-8-12(15)6-7-13(9)10-2-4-11(14)5-3-10/h10-13H,1-8,14-15H2. The first-order valence-electron chi connectivity index (χ1n) is 6.35. The van der Waals surface area contributed by atoms with Gasteiger partial charge in [0.05, 0.1) is 0 Å². The average molecular weight is 208 g/mol. The van der Waals surface area contributed by atoms with Gasteiger partial charge in [0, 0.05) is 12.1 Å². The lowest BCUT2D eigenvalue weighted by molar-refractivity contribution is 0.223. The van der Waals surface area contributed by atoms with Gasteiger partial charge in [0.1, 0.15) is 0 Å². The minimum atomic E-state index is 0.375. The summed E-state index contributed by atoms with van der Waals surface area (Å²) in [5.41, 5.74) is 13.3. The highest BCUT2D eigenvalue weighted by Crippen LogP contribution is 2.39. The normalized spacial score (nSPS) is 42.9. The van der Waals surface area contributed by atoms with Gasteiger partial charge < -0.3 is 11.5 Å². The molecule has 2 atom stereocenters.